The van der Waals surface area contributed by atoms with Crippen LogP contribution in [0.1, 0.15) is 12.6 Å². The lowest BCUT2D eigenvalue weighted by Crippen LogP contribution is -1.99. The van der Waals surface area contributed by atoms with Gasteiger partial charge in [0.15, 0.2) is 0 Å². The number of H-pyrrole nitrogens is 1. The van der Waals surface area contributed by atoms with Crippen molar-refractivity contribution in [3.8, 4) is 0 Å². The van der Waals surface area contributed by atoms with E-state index in [-0.39, 0.29) is 0 Å². The highest BCUT2D eigenvalue weighted by Crippen LogP contribution is 2.12. The van der Waals surface area contributed by atoms with Crippen molar-refractivity contribution in [2.45, 2.75) is 18.6 Å². The molecule has 1 N–H and O–H groups in total. The van der Waals surface area contributed by atoms with Gasteiger partial charge in [-0.3, -0.25) is 0 Å². The molecule has 1 atom stereocenters. The van der Waals surface area contributed by atoms with Gasteiger partial charge in [0.25, 0.3) is 0 Å². The monoisotopic (exact) mass is 192 g/mol. The molecule has 0 aliphatic heterocycles. The summed E-state index contributed by atoms with van der Waals surface area (Å²) in [4.78, 5) is 7.57. The van der Waals surface area contributed by atoms with E-state index in [0.29, 0.717) is 5.25 Å². The molecule has 0 saturated carbocycles. The van der Waals surface area contributed by atoms with E-state index in [0.717, 1.165) is 23.1 Å². The zero-order valence-electron chi connectivity index (χ0n) is 7.49. The highest BCUT2D eigenvalue weighted by Gasteiger charge is 2.01. The molecule has 2 heterocycles. The number of hydrogen-bond donors (Lipinski definition) is 2. The summed E-state index contributed by atoms with van der Waals surface area (Å²) in [5.41, 5.74) is 2.06. The fourth-order valence-electron chi connectivity index (χ4n) is 1.39. The van der Waals surface area contributed by atoms with Crippen molar-refractivity contribution in [3.63, 3.8) is 0 Å². The van der Waals surface area contributed by atoms with Crippen LogP contribution >= 0.6 is 12.6 Å². The third-order valence-corrected chi connectivity index (χ3v) is 2.15. The average molecular weight is 192 g/mol. The molecule has 1 unspecified atom stereocenters. The molecular formula is C10H12N2S. The van der Waals surface area contributed by atoms with Crippen LogP contribution in [0.15, 0.2) is 24.4 Å². The molecule has 3 heteroatoms. The molecule has 13 heavy (non-hydrogen) atoms. The van der Waals surface area contributed by atoms with Crippen molar-refractivity contribution >= 4 is 23.7 Å². The van der Waals surface area contributed by atoms with E-state index >= 15 is 0 Å². The Labute approximate surface area is 82.8 Å². The molecule has 2 nitrogen and oxygen atoms in total. The summed E-state index contributed by atoms with van der Waals surface area (Å²) in [6, 6.07) is 6.17. The molecule has 0 bridgehead atoms. The van der Waals surface area contributed by atoms with Crippen molar-refractivity contribution in [2.24, 2.45) is 0 Å². The standard InChI is InChI=1S/C10H12N2S/c1-7(13)6-9-3-2-8-4-5-11-10(8)12-9/h2-5,7,13H,6H2,1H3,(H,11,12). The van der Waals surface area contributed by atoms with Gasteiger partial charge in [-0.15, -0.1) is 0 Å². The van der Waals surface area contributed by atoms with E-state index < -0.39 is 0 Å². The predicted molar refractivity (Wildman–Crippen MR) is 58.2 cm³/mol. The first-order valence-electron chi connectivity index (χ1n) is 4.37. The SMILES string of the molecule is CC(S)Cc1ccc2cc[nH]c2n1. The summed E-state index contributed by atoms with van der Waals surface area (Å²) in [6.45, 7) is 2.07. The van der Waals surface area contributed by atoms with E-state index in [1.165, 1.54) is 0 Å². The Morgan fingerprint density at radius 1 is 1.46 bits per heavy atom. The number of fused-ring (bicyclic) bond motifs is 1. The van der Waals surface area contributed by atoms with Gasteiger partial charge in [-0.05, 0) is 18.2 Å². The van der Waals surface area contributed by atoms with E-state index in [1.807, 2.05) is 12.3 Å². The molecule has 0 fully saturated rings. The van der Waals surface area contributed by atoms with Crippen LogP contribution in [-0.4, -0.2) is 15.2 Å². The van der Waals surface area contributed by atoms with Crippen LogP contribution in [0.3, 0.4) is 0 Å². The number of pyridine rings is 1. The van der Waals surface area contributed by atoms with Gasteiger partial charge < -0.3 is 4.98 Å². The third-order valence-electron chi connectivity index (χ3n) is 1.97. The minimum absolute atomic E-state index is 0.361. The number of aromatic nitrogens is 2. The molecule has 2 rings (SSSR count). The van der Waals surface area contributed by atoms with Gasteiger partial charge in [-0.25, -0.2) is 4.98 Å². The third kappa shape index (κ3) is 1.86. The van der Waals surface area contributed by atoms with Gasteiger partial charge in [-0.1, -0.05) is 6.92 Å². The highest BCUT2D eigenvalue weighted by molar-refractivity contribution is 7.80. The van der Waals surface area contributed by atoms with Gasteiger partial charge in [0, 0.05) is 28.9 Å². The van der Waals surface area contributed by atoms with Crippen molar-refractivity contribution in [2.75, 3.05) is 0 Å². The molecule has 0 aliphatic carbocycles. The number of hydrogen-bond acceptors (Lipinski definition) is 2. The van der Waals surface area contributed by atoms with Gasteiger partial charge >= 0.3 is 0 Å². The predicted octanol–water partition coefficient (Wildman–Crippen LogP) is 2.42. The maximum Gasteiger partial charge on any atom is 0.137 e. The van der Waals surface area contributed by atoms with Crippen LogP contribution in [-0.2, 0) is 6.42 Å². The number of thiol groups is 1. The van der Waals surface area contributed by atoms with Crippen LogP contribution < -0.4 is 0 Å². The number of rotatable bonds is 2. The van der Waals surface area contributed by atoms with E-state index in [4.69, 9.17) is 0 Å². The Balaban J connectivity index is 2.37. The lowest BCUT2D eigenvalue weighted by molar-refractivity contribution is 0.913. The Hall–Kier alpha value is -0.960. The van der Waals surface area contributed by atoms with E-state index in [1.54, 1.807) is 0 Å². The fraction of sp³-hybridized carbons (Fsp3) is 0.300. The van der Waals surface area contributed by atoms with Gasteiger partial charge in [0.2, 0.25) is 0 Å². The topological polar surface area (TPSA) is 28.7 Å². The van der Waals surface area contributed by atoms with Crippen LogP contribution in [0, 0.1) is 0 Å². The second-order valence-corrected chi connectivity index (χ2v) is 4.15. The molecular weight excluding hydrogens is 180 g/mol. The minimum atomic E-state index is 0.361. The van der Waals surface area contributed by atoms with Crippen molar-refractivity contribution in [3.05, 3.63) is 30.1 Å². The Morgan fingerprint density at radius 3 is 3.08 bits per heavy atom. The maximum atomic E-state index is 4.47. The first-order valence-corrected chi connectivity index (χ1v) is 4.88. The van der Waals surface area contributed by atoms with Crippen molar-refractivity contribution in [1.82, 2.24) is 9.97 Å². The zero-order valence-corrected chi connectivity index (χ0v) is 8.38. The number of nitrogens with one attached hydrogen (secondary N) is 1. The summed E-state index contributed by atoms with van der Waals surface area (Å²) in [6.07, 6.45) is 2.82. The van der Waals surface area contributed by atoms with Crippen LogP contribution in [0.2, 0.25) is 0 Å². The quantitative estimate of drug-likeness (QED) is 0.703. The van der Waals surface area contributed by atoms with Gasteiger partial charge in [0.1, 0.15) is 5.65 Å². The van der Waals surface area contributed by atoms with Gasteiger partial charge in [-0.2, -0.15) is 12.6 Å². The number of aromatic amines is 1. The van der Waals surface area contributed by atoms with Gasteiger partial charge in [0.05, 0.1) is 0 Å². The smallest absolute Gasteiger partial charge is 0.137 e. The first-order chi connectivity index (χ1) is 6.25. The molecule has 0 spiro atoms. The Bertz CT molecular complexity index is 406. The molecule has 0 amide bonds. The lowest BCUT2D eigenvalue weighted by Gasteiger charge is -2.02. The summed E-state index contributed by atoms with van der Waals surface area (Å²) >= 11 is 4.34. The summed E-state index contributed by atoms with van der Waals surface area (Å²) in [5.74, 6) is 0. The minimum Gasteiger partial charge on any atom is -0.346 e. The normalized spacial score (nSPS) is 13.4. The van der Waals surface area contributed by atoms with Crippen LogP contribution in [0.25, 0.3) is 11.0 Å². The van der Waals surface area contributed by atoms with E-state index in [2.05, 4.69) is 41.7 Å². The van der Waals surface area contributed by atoms with Crippen molar-refractivity contribution in [1.29, 1.82) is 0 Å². The molecule has 2 aromatic heterocycles. The Morgan fingerprint density at radius 2 is 2.31 bits per heavy atom. The fourth-order valence-corrected chi connectivity index (χ4v) is 1.57. The second-order valence-electron chi connectivity index (χ2n) is 3.27. The zero-order chi connectivity index (χ0) is 9.26. The van der Waals surface area contributed by atoms with Crippen LogP contribution in [0.5, 0.6) is 0 Å². The summed E-state index contributed by atoms with van der Waals surface area (Å²) in [5, 5.41) is 1.52. The molecule has 0 radical (unpaired) electrons. The first kappa shape index (κ1) is 8.63. The molecule has 0 saturated heterocycles. The molecule has 0 aliphatic rings. The highest BCUT2D eigenvalue weighted by atomic mass is 32.1. The lowest BCUT2D eigenvalue weighted by atomic mass is 10.2. The van der Waals surface area contributed by atoms with Crippen molar-refractivity contribution < 1.29 is 0 Å². The Kier molecular flexibility index (Phi) is 2.27. The number of nitrogens with zero attached hydrogens (tertiary/aromatic N) is 1. The summed E-state index contributed by atoms with van der Waals surface area (Å²) < 4.78 is 0. The molecule has 2 aromatic rings. The summed E-state index contributed by atoms with van der Waals surface area (Å²) in [7, 11) is 0. The average Bonchev–Trinajstić information content (AvgIpc) is 2.49. The van der Waals surface area contributed by atoms with Crippen LogP contribution in [0.4, 0.5) is 0 Å². The van der Waals surface area contributed by atoms with E-state index in [9.17, 15) is 0 Å². The maximum absolute atomic E-state index is 4.47. The molecule has 68 valence electrons. The second kappa shape index (κ2) is 3.42. The largest absolute Gasteiger partial charge is 0.346 e. The molecule has 0 aromatic carbocycles.